The summed E-state index contributed by atoms with van der Waals surface area (Å²) in [5.41, 5.74) is 0.652. The zero-order valence-electron chi connectivity index (χ0n) is 10.8. The third-order valence-corrected chi connectivity index (χ3v) is 2.28. The Morgan fingerprint density at radius 3 is 2.53 bits per heavy atom. The lowest BCUT2D eigenvalue weighted by Gasteiger charge is -2.08. The molecule has 1 aromatic carbocycles. The maximum atomic E-state index is 11.5. The van der Waals surface area contributed by atoms with Crippen LogP contribution in [-0.4, -0.2) is 30.3 Å². The summed E-state index contributed by atoms with van der Waals surface area (Å²) in [6.07, 6.45) is 0.454. The molecule has 3 N–H and O–H groups in total. The Bertz CT molecular complexity index is 417. The van der Waals surface area contributed by atoms with E-state index in [0.717, 1.165) is 5.75 Å². The third kappa shape index (κ3) is 6.30. The summed E-state index contributed by atoms with van der Waals surface area (Å²) < 4.78 is 5.28. The first-order valence-electron chi connectivity index (χ1n) is 6.11. The summed E-state index contributed by atoms with van der Waals surface area (Å²) in [6, 6.07) is 6.66. The van der Waals surface area contributed by atoms with Gasteiger partial charge < -0.3 is 20.5 Å². The molecule has 6 heteroatoms. The van der Waals surface area contributed by atoms with Gasteiger partial charge >= 0.3 is 12.0 Å². The summed E-state index contributed by atoms with van der Waals surface area (Å²) in [6.45, 7) is 2.82. The number of hydrogen-bond donors (Lipinski definition) is 3. The second kappa shape index (κ2) is 7.97. The first-order chi connectivity index (χ1) is 9.11. The average Bonchev–Trinajstić information content (AvgIpc) is 2.37. The summed E-state index contributed by atoms with van der Waals surface area (Å²) in [7, 11) is 0. The molecule has 0 saturated heterocycles. The lowest BCUT2D eigenvalue weighted by Crippen LogP contribution is -2.29. The van der Waals surface area contributed by atoms with Crippen LogP contribution in [0.5, 0.6) is 5.75 Å². The molecule has 0 aromatic heterocycles. The van der Waals surface area contributed by atoms with E-state index in [9.17, 15) is 9.59 Å². The molecule has 0 fully saturated rings. The van der Waals surface area contributed by atoms with Crippen LogP contribution in [0.2, 0.25) is 0 Å². The topological polar surface area (TPSA) is 87.7 Å². The van der Waals surface area contributed by atoms with Crippen molar-refractivity contribution in [3.05, 3.63) is 24.3 Å². The second-order valence-corrected chi connectivity index (χ2v) is 3.84. The Balaban J connectivity index is 2.29. The standard InChI is InChI=1S/C13H18N2O4/c1-2-19-11-7-5-10(6-8-11)15-13(18)14-9-3-4-12(16)17/h5-8H,2-4,9H2,1H3,(H,16,17)(H2,14,15,18). The highest BCUT2D eigenvalue weighted by Gasteiger charge is 2.02. The first kappa shape index (κ1) is 14.8. The predicted octanol–water partition coefficient (Wildman–Crippen LogP) is 2.07. The van der Waals surface area contributed by atoms with Crippen LogP contribution in [0.1, 0.15) is 19.8 Å². The van der Waals surface area contributed by atoms with Crippen molar-refractivity contribution < 1.29 is 19.4 Å². The highest BCUT2D eigenvalue weighted by atomic mass is 16.5. The fraction of sp³-hybridized carbons (Fsp3) is 0.385. The van der Waals surface area contributed by atoms with Crippen molar-refractivity contribution in [2.24, 2.45) is 0 Å². The number of urea groups is 1. The number of anilines is 1. The van der Waals surface area contributed by atoms with Crippen molar-refractivity contribution in [1.29, 1.82) is 0 Å². The molecule has 0 spiro atoms. The van der Waals surface area contributed by atoms with E-state index in [1.165, 1.54) is 0 Å². The third-order valence-electron chi connectivity index (χ3n) is 2.28. The van der Waals surface area contributed by atoms with Crippen molar-refractivity contribution >= 4 is 17.7 Å². The Morgan fingerprint density at radius 2 is 1.95 bits per heavy atom. The number of ether oxygens (including phenoxy) is 1. The Morgan fingerprint density at radius 1 is 1.26 bits per heavy atom. The molecule has 2 amide bonds. The Kier molecular flexibility index (Phi) is 6.21. The van der Waals surface area contributed by atoms with Gasteiger partial charge in [-0.2, -0.15) is 0 Å². The van der Waals surface area contributed by atoms with Crippen molar-refractivity contribution in [3.63, 3.8) is 0 Å². The quantitative estimate of drug-likeness (QED) is 0.659. The van der Waals surface area contributed by atoms with Gasteiger partial charge in [0.25, 0.3) is 0 Å². The van der Waals surface area contributed by atoms with E-state index in [2.05, 4.69) is 10.6 Å². The molecule has 6 nitrogen and oxygen atoms in total. The molecule has 19 heavy (non-hydrogen) atoms. The van der Waals surface area contributed by atoms with E-state index in [1.54, 1.807) is 24.3 Å². The first-order valence-corrected chi connectivity index (χ1v) is 6.11. The van der Waals surface area contributed by atoms with Gasteiger partial charge in [-0.1, -0.05) is 0 Å². The zero-order valence-corrected chi connectivity index (χ0v) is 10.8. The van der Waals surface area contributed by atoms with Crippen LogP contribution in [0.25, 0.3) is 0 Å². The summed E-state index contributed by atoms with van der Waals surface area (Å²) in [5, 5.41) is 13.7. The fourth-order valence-electron chi connectivity index (χ4n) is 1.42. The molecular weight excluding hydrogens is 248 g/mol. The minimum atomic E-state index is -0.867. The van der Waals surface area contributed by atoms with Gasteiger partial charge in [0.05, 0.1) is 6.61 Å². The number of hydrogen-bond acceptors (Lipinski definition) is 3. The molecule has 0 unspecified atom stereocenters. The predicted molar refractivity (Wildman–Crippen MR) is 71.5 cm³/mol. The SMILES string of the molecule is CCOc1ccc(NC(=O)NCCCC(=O)O)cc1. The molecule has 0 atom stereocenters. The minimum Gasteiger partial charge on any atom is -0.494 e. The van der Waals surface area contributed by atoms with Crippen LogP contribution < -0.4 is 15.4 Å². The van der Waals surface area contributed by atoms with Gasteiger partial charge in [0.1, 0.15) is 5.75 Å². The van der Waals surface area contributed by atoms with Gasteiger partial charge in [-0.05, 0) is 37.6 Å². The largest absolute Gasteiger partial charge is 0.494 e. The molecule has 0 heterocycles. The normalized spacial score (nSPS) is 9.74. The number of carboxylic acid groups (broad SMARTS) is 1. The van der Waals surface area contributed by atoms with Crippen LogP contribution >= 0.6 is 0 Å². The summed E-state index contributed by atoms with van der Waals surface area (Å²) in [5.74, 6) is -0.122. The minimum absolute atomic E-state index is 0.0450. The molecule has 0 aliphatic heterocycles. The van der Waals surface area contributed by atoms with E-state index >= 15 is 0 Å². The number of nitrogens with one attached hydrogen (secondary N) is 2. The maximum Gasteiger partial charge on any atom is 0.319 e. The number of carbonyl (C=O) groups is 2. The van der Waals surface area contributed by atoms with Gasteiger partial charge in [-0.3, -0.25) is 4.79 Å². The van der Waals surface area contributed by atoms with E-state index in [0.29, 0.717) is 25.3 Å². The zero-order chi connectivity index (χ0) is 14.1. The number of aliphatic carboxylic acids is 1. The van der Waals surface area contributed by atoms with Crippen LogP contribution in [0.15, 0.2) is 24.3 Å². The monoisotopic (exact) mass is 266 g/mol. The Hall–Kier alpha value is -2.24. The maximum absolute atomic E-state index is 11.5. The van der Waals surface area contributed by atoms with Gasteiger partial charge in [0.2, 0.25) is 0 Å². The molecular formula is C13H18N2O4. The average molecular weight is 266 g/mol. The van der Waals surface area contributed by atoms with E-state index in [4.69, 9.17) is 9.84 Å². The molecule has 0 aliphatic carbocycles. The van der Waals surface area contributed by atoms with Crippen LogP contribution in [-0.2, 0) is 4.79 Å². The molecule has 0 radical (unpaired) electrons. The van der Waals surface area contributed by atoms with Crippen molar-refractivity contribution in [2.45, 2.75) is 19.8 Å². The van der Waals surface area contributed by atoms with Crippen molar-refractivity contribution in [3.8, 4) is 5.75 Å². The highest BCUT2D eigenvalue weighted by Crippen LogP contribution is 2.15. The van der Waals surface area contributed by atoms with Crippen LogP contribution in [0, 0.1) is 0 Å². The molecule has 0 bridgehead atoms. The van der Waals surface area contributed by atoms with Gasteiger partial charge in [0.15, 0.2) is 0 Å². The molecule has 1 rings (SSSR count). The number of carbonyl (C=O) groups excluding carboxylic acids is 1. The summed E-state index contributed by atoms with van der Waals surface area (Å²) >= 11 is 0. The van der Waals surface area contributed by atoms with E-state index in [-0.39, 0.29) is 12.5 Å². The number of benzene rings is 1. The number of amides is 2. The van der Waals surface area contributed by atoms with Crippen molar-refractivity contribution in [2.75, 3.05) is 18.5 Å². The van der Waals surface area contributed by atoms with Gasteiger partial charge in [-0.25, -0.2) is 4.79 Å². The molecule has 0 saturated carbocycles. The van der Waals surface area contributed by atoms with E-state index < -0.39 is 5.97 Å². The number of carboxylic acids is 1. The molecule has 0 aliphatic rings. The number of rotatable bonds is 7. The lowest BCUT2D eigenvalue weighted by atomic mass is 10.3. The fourth-order valence-corrected chi connectivity index (χ4v) is 1.42. The smallest absolute Gasteiger partial charge is 0.319 e. The van der Waals surface area contributed by atoms with Crippen LogP contribution in [0.3, 0.4) is 0 Å². The Labute approximate surface area is 111 Å². The van der Waals surface area contributed by atoms with Gasteiger partial charge in [-0.15, -0.1) is 0 Å². The second-order valence-electron chi connectivity index (χ2n) is 3.84. The lowest BCUT2D eigenvalue weighted by molar-refractivity contribution is -0.137. The summed E-state index contributed by atoms with van der Waals surface area (Å²) in [4.78, 5) is 21.7. The highest BCUT2D eigenvalue weighted by molar-refractivity contribution is 5.89. The molecule has 104 valence electrons. The van der Waals surface area contributed by atoms with Crippen LogP contribution in [0.4, 0.5) is 10.5 Å². The van der Waals surface area contributed by atoms with Gasteiger partial charge in [0, 0.05) is 18.7 Å². The molecule has 1 aromatic rings. The van der Waals surface area contributed by atoms with Crippen molar-refractivity contribution in [1.82, 2.24) is 5.32 Å². The van der Waals surface area contributed by atoms with E-state index in [1.807, 2.05) is 6.92 Å².